The zero-order valence-electron chi connectivity index (χ0n) is 22.8. The highest BCUT2D eigenvalue weighted by molar-refractivity contribution is 7.92. The molecule has 0 heterocycles. The maximum absolute atomic E-state index is 13.4. The summed E-state index contributed by atoms with van der Waals surface area (Å²) in [6.07, 6.45) is 1.48. The Morgan fingerprint density at radius 2 is 1.60 bits per heavy atom. The van der Waals surface area contributed by atoms with Gasteiger partial charge in [0, 0.05) is 5.02 Å². The van der Waals surface area contributed by atoms with Crippen LogP contribution in [0.15, 0.2) is 125 Å². The normalized spacial score (nSPS) is 11.5. The Balaban J connectivity index is 1.21. The van der Waals surface area contributed by atoms with Crippen molar-refractivity contribution in [3.63, 3.8) is 0 Å². The lowest BCUT2D eigenvalue weighted by Gasteiger charge is -2.24. The predicted molar refractivity (Wildman–Crippen MR) is 168 cm³/mol. The van der Waals surface area contributed by atoms with E-state index in [1.54, 1.807) is 30.3 Å². The lowest BCUT2D eigenvalue weighted by Crippen LogP contribution is -2.39. The Kier molecular flexibility index (Phi) is 8.85. The molecule has 0 atom stereocenters. The van der Waals surface area contributed by atoms with Gasteiger partial charge in [-0.05, 0) is 89.0 Å². The summed E-state index contributed by atoms with van der Waals surface area (Å²) in [4.78, 5) is 12.9. The molecule has 5 aromatic carbocycles. The molecule has 0 aliphatic rings. The van der Waals surface area contributed by atoms with Crippen molar-refractivity contribution >= 4 is 50.2 Å². The number of nitrogens with zero attached hydrogens (tertiary/aromatic N) is 2. The number of fused-ring (bicyclic) bond motifs is 1. The molecule has 0 spiro atoms. The van der Waals surface area contributed by atoms with Crippen LogP contribution in [0, 0.1) is 6.92 Å². The molecule has 9 heteroatoms. The van der Waals surface area contributed by atoms with Crippen LogP contribution in [-0.4, -0.2) is 27.1 Å². The van der Waals surface area contributed by atoms with E-state index in [9.17, 15) is 13.2 Å². The van der Waals surface area contributed by atoms with Gasteiger partial charge in [-0.2, -0.15) is 5.10 Å². The van der Waals surface area contributed by atoms with Gasteiger partial charge in [0.15, 0.2) is 0 Å². The van der Waals surface area contributed by atoms with Crippen molar-refractivity contribution < 1.29 is 17.9 Å². The number of carbonyl (C=O) groups is 1. The van der Waals surface area contributed by atoms with Gasteiger partial charge in [-0.1, -0.05) is 72.3 Å². The summed E-state index contributed by atoms with van der Waals surface area (Å²) in [6.45, 7) is 1.76. The van der Waals surface area contributed by atoms with Crippen molar-refractivity contribution in [3.8, 4) is 5.75 Å². The number of benzene rings is 5. The molecular weight excluding hydrogens is 570 g/mol. The minimum Gasteiger partial charge on any atom is -0.489 e. The van der Waals surface area contributed by atoms with Crippen LogP contribution in [0.2, 0.25) is 5.02 Å². The average molecular weight is 598 g/mol. The molecule has 0 fully saturated rings. The second kappa shape index (κ2) is 12.9. The number of amides is 1. The predicted octanol–water partition coefficient (Wildman–Crippen LogP) is 6.73. The Morgan fingerprint density at radius 3 is 2.33 bits per heavy atom. The van der Waals surface area contributed by atoms with Crippen LogP contribution in [0.4, 0.5) is 5.69 Å². The van der Waals surface area contributed by atoms with Crippen molar-refractivity contribution in [3.05, 3.63) is 137 Å². The van der Waals surface area contributed by atoms with Crippen molar-refractivity contribution in [1.82, 2.24) is 5.43 Å². The maximum Gasteiger partial charge on any atom is 0.264 e. The first kappa shape index (κ1) is 28.9. The van der Waals surface area contributed by atoms with Crippen molar-refractivity contribution in [2.24, 2.45) is 5.10 Å². The number of sulfonamides is 1. The van der Waals surface area contributed by atoms with Gasteiger partial charge in [-0.25, -0.2) is 13.8 Å². The fourth-order valence-corrected chi connectivity index (χ4v) is 5.87. The molecule has 0 radical (unpaired) electrons. The van der Waals surface area contributed by atoms with Crippen molar-refractivity contribution in [2.75, 3.05) is 10.8 Å². The number of anilines is 1. The number of halogens is 1. The molecular formula is C33H28ClN3O4S. The van der Waals surface area contributed by atoms with Crippen LogP contribution in [0.5, 0.6) is 5.75 Å². The maximum atomic E-state index is 13.4. The quantitative estimate of drug-likeness (QED) is 0.143. The summed E-state index contributed by atoms with van der Waals surface area (Å²) in [6, 6.07) is 34.4. The molecule has 5 rings (SSSR count). The summed E-state index contributed by atoms with van der Waals surface area (Å²) in [5.74, 6) is 0.0839. The zero-order valence-corrected chi connectivity index (χ0v) is 24.3. The SMILES string of the molecule is Cc1ccc(N(CC(=O)N/N=C\c2ccc(OCc3ccc4ccccc4c3)cc2)S(=O)(=O)c2ccccc2)cc1Cl. The van der Waals surface area contributed by atoms with Crippen LogP contribution >= 0.6 is 11.6 Å². The number of hydrogen-bond acceptors (Lipinski definition) is 5. The molecule has 42 heavy (non-hydrogen) atoms. The van der Waals surface area contributed by atoms with E-state index in [0.717, 1.165) is 26.4 Å². The van der Waals surface area contributed by atoms with E-state index in [-0.39, 0.29) is 10.6 Å². The van der Waals surface area contributed by atoms with Gasteiger partial charge in [0.25, 0.3) is 15.9 Å². The van der Waals surface area contributed by atoms with Crippen LogP contribution < -0.4 is 14.5 Å². The van der Waals surface area contributed by atoms with Crippen molar-refractivity contribution in [2.45, 2.75) is 18.4 Å². The minimum absolute atomic E-state index is 0.0564. The lowest BCUT2D eigenvalue weighted by atomic mass is 10.1. The molecule has 1 N–H and O–H groups in total. The summed E-state index contributed by atoms with van der Waals surface area (Å²) in [7, 11) is -4.05. The molecule has 0 saturated heterocycles. The molecule has 1 amide bonds. The second-order valence-corrected chi connectivity index (χ2v) is 11.9. The number of rotatable bonds is 10. The van der Waals surface area contributed by atoms with Crippen LogP contribution in [0.1, 0.15) is 16.7 Å². The molecule has 212 valence electrons. The van der Waals surface area contributed by atoms with Crippen LogP contribution in [0.3, 0.4) is 0 Å². The van der Waals surface area contributed by atoms with Crippen LogP contribution in [-0.2, 0) is 21.4 Å². The van der Waals surface area contributed by atoms with E-state index in [1.807, 2.05) is 49.4 Å². The second-order valence-electron chi connectivity index (χ2n) is 9.59. The smallest absolute Gasteiger partial charge is 0.264 e. The molecule has 0 aromatic heterocycles. The Hall–Kier alpha value is -4.66. The highest BCUT2D eigenvalue weighted by Crippen LogP contribution is 2.28. The monoisotopic (exact) mass is 597 g/mol. The topological polar surface area (TPSA) is 88.1 Å². The lowest BCUT2D eigenvalue weighted by molar-refractivity contribution is -0.119. The molecule has 0 bridgehead atoms. The van der Waals surface area contributed by atoms with Gasteiger partial charge in [-0.3, -0.25) is 9.10 Å². The van der Waals surface area contributed by atoms with Gasteiger partial charge in [0.2, 0.25) is 0 Å². The molecule has 0 saturated carbocycles. The number of carbonyl (C=O) groups excluding carboxylic acids is 1. The summed E-state index contributed by atoms with van der Waals surface area (Å²) < 4.78 is 33.8. The average Bonchev–Trinajstić information content (AvgIpc) is 3.01. The number of hydrogen-bond donors (Lipinski definition) is 1. The van der Waals surface area contributed by atoms with Gasteiger partial charge < -0.3 is 4.74 Å². The molecule has 0 aliphatic heterocycles. The number of aryl methyl sites for hydroxylation is 1. The first-order valence-electron chi connectivity index (χ1n) is 13.2. The van der Waals surface area contributed by atoms with Gasteiger partial charge in [-0.15, -0.1) is 0 Å². The first-order chi connectivity index (χ1) is 20.3. The summed E-state index contributed by atoms with van der Waals surface area (Å²) in [5, 5.41) is 6.75. The van der Waals surface area contributed by atoms with Gasteiger partial charge >= 0.3 is 0 Å². The third-order valence-electron chi connectivity index (χ3n) is 6.56. The van der Waals surface area contributed by atoms with E-state index in [2.05, 4.69) is 34.8 Å². The minimum atomic E-state index is -4.05. The third kappa shape index (κ3) is 6.97. The van der Waals surface area contributed by atoms with E-state index >= 15 is 0 Å². The van der Waals surface area contributed by atoms with E-state index in [4.69, 9.17) is 16.3 Å². The standard InChI is InChI=1S/C33H28ClN3O4S/c1-24-11-16-29(20-32(24)34)37(42(39,40)31-9-3-2-4-10-31)22-33(38)36-35-21-25-13-17-30(18-14-25)41-23-26-12-15-27-7-5-6-8-28(27)19-26/h2-21H,22-23H2,1H3,(H,36,38)/b35-21-. The molecule has 5 aromatic rings. The molecule has 0 unspecified atom stereocenters. The highest BCUT2D eigenvalue weighted by atomic mass is 35.5. The van der Waals surface area contributed by atoms with Gasteiger partial charge in [0.1, 0.15) is 18.9 Å². The van der Waals surface area contributed by atoms with E-state index < -0.39 is 22.5 Å². The van der Waals surface area contributed by atoms with E-state index in [0.29, 0.717) is 17.4 Å². The number of ether oxygens (including phenoxy) is 1. The zero-order chi connectivity index (χ0) is 29.5. The molecule has 0 aliphatic carbocycles. The Morgan fingerprint density at radius 1 is 0.881 bits per heavy atom. The fourth-order valence-electron chi connectivity index (χ4n) is 4.26. The Labute approximate surface area is 250 Å². The fraction of sp³-hybridized carbons (Fsp3) is 0.0909. The van der Waals surface area contributed by atoms with E-state index in [1.165, 1.54) is 29.8 Å². The largest absolute Gasteiger partial charge is 0.489 e. The van der Waals surface area contributed by atoms with Gasteiger partial charge in [0.05, 0.1) is 16.8 Å². The summed E-state index contributed by atoms with van der Waals surface area (Å²) >= 11 is 6.27. The first-order valence-corrected chi connectivity index (χ1v) is 15.0. The highest BCUT2D eigenvalue weighted by Gasteiger charge is 2.27. The third-order valence-corrected chi connectivity index (χ3v) is 8.76. The van der Waals surface area contributed by atoms with Crippen LogP contribution in [0.25, 0.3) is 10.8 Å². The number of nitrogens with one attached hydrogen (secondary N) is 1. The number of hydrazone groups is 1. The Bertz CT molecular complexity index is 1840. The molecule has 7 nitrogen and oxygen atoms in total. The van der Waals surface area contributed by atoms with Crippen molar-refractivity contribution in [1.29, 1.82) is 0 Å². The summed E-state index contributed by atoms with van der Waals surface area (Å²) in [5.41, 5.74) is 5.27.